The van der Waals surface area contributed by atoms with Crippen LogP contribution in [0.4, 0.5) is 5.69 Å². The zero-order valence-electron chi connectivity index (χ0n) is 21.9. The third kappa shape index (κ3) is 4.29. The van der Waals surface area contributed by atoms with Crippen LogP contribution in [0.1, 0.15) is 45.3 Å². The van der Waals surface area contributed by atoms with Gasteiger partial charge >= 0.3 is 5.97 Å². The van der Waals surface area contributed by atoms with Crippen molar-refractivity contribution in [3.05, 3.63) is 148 Å². The predicted molar refractivity (Wildman–Crippen MR) is 157 cm³/mol. The first-order valence-electron chi connectivity index (χ1n) is 13.2. The van der Waals surface area contributed by atoms with Gasteiger partial charge in [0, 0.05) is 29.3 Å². The molecule has 7 rings (SSSR count). The van der Waals surface area contributed by atoms with E-state index in [1.807, 2.05) is 24.3 Å². The minimum absolute atomic E-state index is 0.0375. The van der Waals surface area contributed by atoms with Crippen LogP contribution < -0.4 is 14.9 Å². The van der Waals surface area contributed by atoms with Crippen LogP contribution in [0.15, 0.2) is 105 Å². The fraction of sp³-hybridized carbons (Fsp3) is 0.0938. The molecule has 2 aromatic heterocycles. The number of fused-ring (bicyclic) bond motifs is 3. The van der Waals surface area contributed by atoms with E-state index in [4.69, 9.17) is 14.5 Å². The summed E-state index contributed by atoms with van der Waals surface area (Å²) >= 11 is 1.24. The maximum absolute atomic E-state index is 13.9. The Morgan fingerprint density at radius 3 is 2.64 bits per heavy atom. The molecule has 0 spiro atoms. The van der Waals surface area contributed by atoms with Crippen molar-refractivity contribution < 1.29 is 19.2 Å². The summed E-state index contributed by atoms with van der Waals surface area (Å²) in [4.78, 5) is 41.8. The lowest BCUT2D eigenvalue weighted by molar-refractivity contribution is -0.384. The molecule has 2 aliphatic rings. The summed E-state index contributed by atoms with van der Waals surface area (Å²) < 4.78 is 8.05. The van der Waals surface area contributed by atoms with Gasteiger partial charge < -0.3 is 9.52 Å². The number of hydrogen-bond acceptors (Lipinski definition) is 7. The van der Waals surface area contributed by atoms with Gasteiger partial charge in [0.1, 0.15) is 11.5 Å². The highest BCUT2D eigenvalue weighted by molar-refractivity contribution is 7.07. The molecule has 0 fully saturated rings. The second-order valence-corrected chi connectivity index (χ2v) is 11.1. The molecule has 42 heavy (non-hydrogen) atoms. The number of carbonyl (C=O) groups is 1. The number of allylic oxidation sites excluding steroid dienone is 1. The second-order valence-electron chi connectivity index (χ2n) is 10.1. The van der Waals surface area contributed by atoms with Crippen LogP contribution in [-0.4, -0.2) is 20.6 Å². The quantitative estimate of drug-likeness (QED) is 0.227. The molecule has 0 saturated heterocycles. The van der Waals surface area contributed by atoms with Gasteiger partial charge in [0.2, 0.25) is 0 Å². The Kier molecular flexibility index (Phi) is 6.05. The van der Waals surface area contributed by atoms with Crippen LogP contribution in [0.25, 0.3) is 23.1 Å². The van der Waals surface area contributed by atoms with Crippen LogP contribution in [-0.2, 0) is 6.42 Å². The zero-order valence-corrected chi connectivity index (χ0v) is 22.7. The number of thiazole rings is 1. The average molecular weight is 576 g/mol. The highest BCUT2D eigenvalue weighted by atomic mass is 32.1. The van der Waals surface area contributed by atoms with E-state index in [-0.39, 0.29) is 16.8 Å². The molecule has 1 atom stereocenters. The lowest BCUT2D eigenvalue weighted by Gasteiger charge is -2.30. The summed E-state index contributed by atoms with van der Waals surface area (Å²) in [5.41, 5.74) is 5.20. The van der Waals surface area contributed by atoms with Crippen molar-refractivity contribution in [2.75, 3.05) is 0 Å². The number of carboxylic acid groups (broad SMARTS) is 1. The molecular formula is C32H21N3O6S. The van der Waals surface area contributed by atoms with Gasteiger partial charge in [-0.05, 0) is 53.8 Å². The molecule has 1 N–H and O–H groups in total. The molecule has 1 aliphatic carbocycles. The summed E-state index contributed by atoms with van der Waals surface area (Å²) in [5.74, 6) is -0.0169. The molecule has 3 heterocycles. The van der Waals surface area contributed by atoms with Crippen LogP contribution in [0.3, 0.4) is 0 Å². The molecule has 10 heteroatoms. The fourth-order valence-electron chi connectivity index (χ4n) is 5.62. The van der Waals surface area contributed by atoms with Gasteiger partial charge in [-0.3, -0.25) is 19.5 Å². The monoisotopic (exact) mass is 575 g/mol. The summed E-state index contributed by atoms with van der Waals surface area (Å²) in [7, 11) is 0. The molecule has 0 unspecified atom stereocenters. The van der Waals surface area contributed by atoms with Gasteiger partial charge in [-0.1, -0.05) is 59.9 Å². The summed E-state index contributed by atoms with van der Waals surface area (Å²) in [6, 6.07) is 23.8. The average Bonchev–Trinajstić information content (AvgIpc) is 3.60. The Morgan fingerprint density at radius 1 is 1.05 bits per heavy atom. The van der Waals surface area contributed by atoms with Crippen molar-refractivity contribution in [2.24, 2.45) is 4.99 Å². The predicted octanol–water partition coefficient (Wildman–Crippen LogP) is 5.19. The fourth-order valence-corrected chi connectivity index (χ4v) is 6.60. The standard InChI is InChI=1S/C32H21N3O6S/c36-30-27(17-23-13-15-26(41-23)19-8-10-20(11-9-19)31(37)38)42-32-33-28-24-7-2-1-4-18(24)12-14-25(28)29(34(30)32)21-5-3-6-22(16-21)35(39)40/h1-11,13,15-17,29H,12,14H2,(H,37,38)/b27-17+/t29-/m0/s1. The van der Waals surface area contributed by atoms with Gasteiger partial charge in [0.05, 0.1) is 26.8 Å². The topological polar surface area (TPSA) is 128 Å². The SMILES string of the molecule is O=C(O)c1ccc(-c2ccc(/C=c3/sc4n(c3=O)[C@@H](c3cccc([N+](=O)[O-])c3)C3=C(N=4)c4ccccc4CC3)o2)cc1. The molecule has 3 aromatic carbocycles. The molecular weight excluding hydrogens is 554 g/mol. The van der Waals surface area contributed by atoms with Crippen molar-refractivity contribution in [3.8, 4) is 11.3 Å². The van der Waals surface area contributed by atoms with E-state index in [0.29, 0.717) is 38.4 Å². The first-order chi connectivity index (χ1) is 20.4. The summed E-state index contributed by atoms with van der Waals surface area (Å²) in [6.45, 7) is 0. The second kappa shape index (κ2) is 9.93. The number of nitro groups is 1. The van der Waals surface area contributed by atoms with Gasteiger partial charge in [-0.2, -0.15) is 0 Å². The molecule has 1 aliphatic heterocycles. The number of benzene rings is 3. The molecule has 0 bridgehead atoms. The van der Waals surface area contributed by atoms with E-state index in [0.717, 1.165) is 23.3 Å². The van der Waals surface area contributed by atoms with Gasteiger partial charge in [0.15, 0.2) is 4.80 Å². The molecule has 0 amide bonds. The number of non-ortho nitro benzene ring substituents is 1. The summed E-state index contributed by atoms with van der Waals surface area (Å²) in [6.07, 6.45) is 3.12. The number of aromatic nitrogens is 1. The lowest BCUT2D eigenvalue weighted by Crippen LogP contribution is -2.38. The number of carboxylic acids is 1. The van der Waals surface area contributed by atoms with Crippen molar-refractivity contribution in [3.63, 3.8) is 0 Å². The number of aryl methyl sites for hydroxylation is 1. The maximum Gasteiger partial charge on any atom is 0.335 e. The lowest BCUT2D eigenvalue weighted by atomic mass is 9.83. The number of rotatable bonds is 5. The number of hydrogen-bond donors (Lipinski definition) is 1. The van der Waals surface area contributed by atoms with Crippen LogP contribution in [0, 0.1) is 10.1 Å². The molecule has 9 nitrogen and oxygen atoms in total. The Labute approximate surface area is 241 Å². The molecule has 0 radical (unpaired) electrons. The van der Waals surface area contributed by atoms with E-state index in [2.05, 4.69) is 6.07 Å². The van der Waals surface area contributed by atoms with E-state index in [9.17, 15) is 19.7 Å². The van der Waals surface area contributed by atoms with Crippen molar-refractivity contribution >= 4 is 34.8 Å². The van der Waals surface area contributed by atoms with Crippen LogP contribution >= 0.6 is 11.3 Å². The highest BCUT2D eigenvalue weighted by Gasteiger charge is 2.33. The largest absolute Gasteiger partial charge is 0.478 e. The van der Waals surface area contributed by atoms with Crippen molar-refractivity contribution in [1.29, 1.82) is 0 Å². The number of nitrogens with zero attached hydrogens (tertiary/aromatic N) is 3. The first kappa shape index (κ1) is 25.6. The van der Waals surface area contributed by atoms with E-state index in [1.165, 1.54) is 41.2 Å². The van der Waals surface area contributed by atoms with Crippen molar-refractivity contribution in [2.45, 2.75) is 18.9 Å². The van der Waals surface area contributed by atoms with Gasteiger partial charge in [-0.25, -0.2) is 9.79 Å². The third-order valence-electron chi connectivity index (χ3n) is 7.59. The smallest absolute Gasteiger partial charge is 0.335 e. The van der Waals surface area contributed by atoms with Gasteiger partial charge in [0.25, 0.3) is 11.2 Å². The van der Waals surface area contributed by atoms with E-state index in [1.54, 1.807) is 41.0 Å². The van der Waals surface area contributed by atoms with E-state index < -0.39 is 16.9 Å². The van der Waals surface area contributed by atoms with Gasteiger partial charge in [-0.15, -0.1) is 0 Å². The normalized spacial score (nSPS) is 15.9. The molecule has 0 saturated carbocycles. The van der Waals surface area contributed by atoms with Crippen LogP contribution in [0.5, 0.6) is 0 Å². The highest BCUT2D eigenvalue weighted by Crippen LogP contribution is 2.41. The minimum atomic E-state index is -1.01. The zero-order chi connectivity index (χ0) is 29.0. The number of aromatic carboxylic acids is 1. The van der Waals surface area contributed by atoms with Crippen molar-refractivity contribution in [1.82, 2.24) is 4.57 Å². The Bertz CT molecular complexity index is 2140. The first-order valence-corrected chi connectivity index (χ1v) is 14.0. The Balaban J connectivity index is 1.37. The Morgan fingerprint density at radius 2 is 1.86 bits per heavy atom. The molecule has 206 valence electrons. The molecule has 5 aromatic rings. The third-order valence-corrected chi connectivity index (χ3v) is 8.57. The number of nitro benzene ring substituents is 1. The maximum atomic E-state index is 13.9. The minimum Gasteiger partial charge on any atom is -0.478 e. The Hall–Kier alpha value is -5.35. The van der Waals surface area contributed by atoms with Crippen LogP contribution in [0.2, 0.25) is 0 Å². The number of furan rings is 1. The van der Waals surface area contributed by atoms with E-state index >= 15 is 0 Å². The summed E-state index contributed by atoms with van der Waals surface area (Å²) in [5, 5.41) is 20.8.